The van der Waals surface area contributed by atoms with Crippen molar-refractivity contribution in [2.24, 2.45) is 0 Å². The van der Waals surface area contributed by atoms with Crippen LogP contribution in [-0.4, -0.2) is 43.9 Å². The van der Waals surface area contributed by atoms with Crippen LogP contribution in [0.25, 0.3) is 0 Å². The monoisotopic (exact) mass is 586 g/mol. The highest BCUT2D eigenvalue weighted by atomic mass is 32.2. The van der Waals surface area contributed by atoms with Gasteiger partial charge >= 0.3 is 27.8 Å². The number of hydrogen-bond donors (Lipinski definition) is 2. The van der Waals surface area contributed by atoms with Gasteiger partial charge in [0.2, 0.25) is 0 Å². The van der Waals surface area contributed by atoms with Crippen molar-refractivity contribution >= 4 is 51.8 Å². The van der Waals surface area contributed by atoms with E-state index in [0.29, 0.717) is 5.69 Å². The van der Waals surface area contributed by atoms with E-state index in [1.54, 1.807) is 19.9 Å². The molecule has 0 radical (unpaired) electrons. The molecule has 0 aliphatic rings. The fourth-order valence-corrected chi connectivity index (χ4v) is 5.50. The Kier molecular flexibility index (Phi) is 11.7. The number of alkyl halides is 3. The molecule has 0 saturated carbocycles. The van der Waals surface area contributed by atoms with E-state index in [-0.39, 0.29) is 13.2 Å². The molecule has 0 heterocycles. The van der Waals surface area contributed by atoms with Crippen LogP contribution in [0.1, 0.15) is 13.8 Å². The topological polar surface area (TPSA) is 122 Å². The molecule has 0 bridgehead atoms. The van der Waals surface area contributed by atoms with Gasteiger partial charge in [0.05, 0.1) is 18.9 Å². The van der Waals surface area contributed by atoms with Crippen molar-refractivity contribution < 1.29 is 45.2 Å². The highest BCUT2D eigenvalue weighted by molar-refractivity contribution is 7.86. The zero-order valence-corrected chi connectivity index (χ0v) is 22.5. The van der Waals surface area contributed by atoms with Crippen LogP contribution in [-0.2, 0) is 19.6 Å². The predicted molar refractivity (Wildman–Crippen MR) is 142 cm³/mol. The minimum Gasteiger partial charge on any atom is -0.449 e. The van der Waals surface area contributed by atoms with E-state index in [0.717, 1.165) is 20.9 Å². The van der Waals surface area contributed by atoms with Crippen molar-refractivity contribution in [3.05, 3.63) is 84.9 Å². The molecular formula is C25H26F3N2O7PS. The maximum atomic E-state index is 12.8. The maximum Gasteiger partial charge on any atom is 0.522 e. The number of hydrogen-bond acceptors (Lipinski definition) is 6. The second kappa shape index (κ2) is 14.5. The standard InChI is InChI=1S/C24H25N2O4P.CHF3O3S/c1-3-29-23(27)25-26(24(28)30-4-2)21-17-11-12-18-22(21)31(19-13-7-5-8-14-19)20-15-9-6-10-16-20;2-1(3,4)8(5,6)7/h5-18H,3-4H2,1-2H3,(H,25,27);(H,5,6,7). The predicted octanol–water partition coefficient (Wildman–Crippen LogP) is 4.46. The number of nitrogens with zero attached hydrogens (tertiary/aromatic N) is 1. The summed E-state index contributed by atoms with van der Waals surface area (Å²) in [5.74, 6) is 0. The first-order valence-electron chi connectivity index (χ1n) is 11.3. The van der Waals surface area contributed by atoms with Crippen LogP contribution < -0.4 is 26.3 Å². The third kappa shape index (κ3) is 9.24. The Morgan fingerprint density at radius 1 is 0.846 bits per heavy atom. The normalized spacial score (nSPS) is 11.2. The van der Waals surface area contributed by atoms with Gasteiger partial charge in [0.1, 0.15) is 0 Å². The number of anilines is 1. The van der Waals surface area contributed by atoms with Crippen molar-refractivity contribution in [3.8, 4) is 0 Å². The van der Waals surface area contributed by atoms with E-state index in [4.69, 9.17) is 22.4 Å². The molecule has 210 valence electrons. The van der Waals surface area contributed by atoms with Crippen molar-refractivity contribution in [1.82, 2.24) is 5.43 Å². The molecule has 3 aromatic rings. The SMILES string of the molecule is CCOC(=O)NN(C(=O)OCC)c1ccccc1P(c1ccccc1)c1ccccc1.O=S(=O)(O)C(F)(F)F. The molecule has 0 spiro atoms. The fraction of sp³-hybridized carbons (Fsp3) is 0.200. The zero-order chi connectivity index (χ0) is 29.1. The Bertz CT molecular complexity index is 1290. The third-order valence-electron chi connectivity index (χ3n) is 4.61. The minimum atomic E-state index is -5.84. The van der Waals surface area contributed by atoms with Gasteiger partial charge in [-0.25, -0.2) is 15.0 Å². The number of carbonyl (C=O) groups excluding carboxylic acids is 2. The minimum absolute atomic E-state index is 0.175. The molecule has 3 aromatic carbocycles. The Morgan fingerprint density at radius 2 is 1.28 bits per heavy atom. The summed E-state index contributed by atoms with van der Waals surface area (Å²) in [6, 6.07) is 27.7. The number of nitrogens with one attached hydrogen (secondary N) is 1. The van der Waals surface area contributed by atoms with E-state index in [9.17, 15) is 22.8 Å². The summed E-state index contributed by atoms with van der Waals surface area (Å²) in [4.78, 5) is 25.0. The van der Waals surface area contributed by atoms with Crippen molar-refractivity contribution in [2.45, 2.75) is 19.4 Å². The van der Waals surface area contributed by atoms with E-state index in [1.807, 2.05) is 54.6 Å². The van der Waals surface area contributed by atoms with Gasteiger partial charge in [-0.05, 0) is 38.4 Å². The Morgan fingerprint density at radius 3 is 1.72 bits per heavy atom. The van der Waals surface area contributed by atoms with Gasteiger partial charge in [0, 0.05) is 5.30 Å². The number of benzene rings is 3. The molecule has 2 amide bonds. The van der Waals surface area contributed by atoms with Gasteiger partial charge in [-0.2, -0.15) is 26.6 Å². The van der Waals surface area contributed by atoms with Crippen LogP contribution in [0.2, 0.25) is 0 Å². The van der Waals surface area contributed by atoms with E-state index in [2.05, 4.69) is 29.7 Å². The van der Waals surface area contributed by atoms with Crippen LogP contribution >= 0.6 is 7.92 Å². The molecule has 39 heavy (non-hydrogen) atoms. The highest BCUT2D eigenvalue weighted by Gasteiger charge is 2.44. The lowest BCUT2D eigenvalue weighted by molar-refractivity contribution is -0.0510. The first-order valence-corrected chi connectivity index (χ1v) is 14.1. The number of amides is 2. The third-order valence-corrected chi connectivity index (χ3v) is 7.69. The summed E-state index contributed by atoms with van der Waals surface area (Å²) in [6.07, 6.45) is -1.41. The van der Waals surface area contributed by atoms with Gasteiger partial charge in [-0.1, -0.05) is 78.9 Å². The number of ether oxygens (including phenoxy) is 2. The number of halogens is 3. The molecule has 0 unspecified atom stereocenters. The van der Waals surface area contributed by atoms with Crippen LogP contribution in [0.15, 0.2) is 84.9 Å². The van der Waals surface area contributed by atoms with Gasteiger partial charge in [0.25, 0.3) is 0 Å². The lowest BCUT2D eigenvalue weighted by atomic mass is 10.3. The molecule has 0 fully saturated rings. The van der Waals surface area contributed by atoms with Gasteiger partial charge in [-0.3, -0.25) is 4.55 Å². The highest BCUT2D eigenvalue weighted by Crippen LogP contribution is 2.36. The molecule has 2 N–H and O–H groups in total. The molecule has 0 aliphatic carbocycles. The molecule has 0 aliphatic heterocycles. The quantitative estimate of drug-likeness (QED) is 0.189. The number of hydrazine groups is 1. The first-order chi connectivity index (χ1) is 18.4. The lowest BCUT2D eigenvalue weighted by Gasteiger charge is -2.28. The molecule has 14 heteroatoms. The van der Waals surface area contributed by atoms with E-state index < -0.39 is 35.7 Å². The van der Waals surface area contributed by atoms with Crippen LogP contribution in [0, 0.1) is 0 Å². The second-order valence-corrected chi connectivity index (χ2v) is 10.9. The second-order valence-electron chi connectivity index (χ2n) is 7.28. The fourth-order valence-electron chi connectivity index (χ4n) is 3.07. The summed E-state index contributed by atoms with van der Waals surface area (Å²) in [7, 11) is -6.85. The zero-order valence-electron chi connectivity index (χ0n) is 20.8. The van der Waals surface area contributed by atoms with Gasteiger partial charge in [0.15, 0.2) is 0 Å². The number of para-hydroxylation sites is 1. The van der Waals surface area contributed by atoms with Crippen molar-refractivity contribution in [3.63, 3.8) is 0 Å². The number of rotatable bonds is 6. The molecule has 9 nitrogen and oxygen atoms in total. The van der Waals surface area contributed by atoms with Gasteiger partial charge < -0.3 is 9.47 Å². The lowest BCUT2D eigenvalue weighted by Crippen LogP contribution is -2.49. The average Bonchev–Trinajstić information content (AvgIpc) is 2.89. The molecule has 0 atom stereocenters. The van der Waals surface area contributed by atoms with Gasteiger partial charge in [-0.15, -0.1) is 0 Å². The largest absolute Gasteiger partial charge is 0.522 e. The maximum absolute atomic E-state index is 12.8. The molecule has 0 saturated heterocycles. The first kappa shape index (κ1) is 31.5. The summed E-state index contributed by atoms with van der Waals surface area (Å²) in [5, 5.41) is 4.27. The van der Waals surface area contributed by atoms with Crippen molar-refractivity contribution in [2.75, 3.05) is 18.2 Å². The van der Waals surface area contributed by atoms with Crippen LogP contribution in [0.5, 0.6) is 0 Å². The summed E-state index contributed by atoms with van der Waals surface area (Å²) < 4.78 is 67.7. The van der Waals surface area contributed by atoms with Crippen LogP contribution in [0.3, 0.4) is 0 Å². The molecular weight excluding hydrogens is 560 g/mol. The smallest absolute Gasteiger partial charge is 0.449 e. The van der Waals surface area contributed by atoms with Crippen LogP contribution in [0.4, 0.5) is 28.4 Å². The molecule has 3 rings (SSSR count). The average molecular weight is 587 g/mol. The Labute approximate surface area is 225 Å². The number of carbonyl (C=O) groups is 2. The summed E-state index contributed by atoms with van der Waals surface area (Å²) in [6.45, 7) is 3.78. The Balaban J connectivity index is 0.000000580. The van der Waals surface area contributed by atoms with E-state index in [1.165, 1.54) is 0 Å². The van der Waals surface area contributed by atoms with Crippen molar-refractivity contribution in [1.29, 1.82) is 0 Å². The summed E-state index contributed by atoms with van der Waals surface area (Å²) >= 11 is 0. The van der Waals surface area contributed by atoms with E-state index >= 15 is 0 Å². The molecule has 0 aromatic heterocycles. The Hall–Kier alpha value is -3.67. The summed E-state index contributed by atoms with van der Waals surface area (Å²) in [5.41, 5.74) is -2.47.